The predicted molar refractivity (Wildman–Crippen MR) is 122 cm³/mol. The molecular formula is C25H24F2N4O3. The summed E-state index contributed by atoms with van der Waals surface area (Å²) in [6, 6.07) is 8.87. The minimum atomic E-state index is -0.733. The van der Waals surface area contributed by atoms with Crippen molar-refractivity contribution in [1.29, 1.82) is 0 Å². The van der Waals surface area contributed by atoms with Gasteiger partial charge < -0.3 is 19.7 Å². The molecule has 4 aromatic rings. The van der Waals surface area contributed by atoms with Crippen LogP contribution in [-0.2, 0) is 18.3 Å². The quantitative estimate of drug-likeness (QED) is 0.473. The topological polar surface area (TPSA) is 81.3 Å². The molecule has 1 fully saturated rings. The van der Waals surface area contributed by atoms with E-state index < -0.39 is 29.7 Å². The Balaban J connectivity index is 1.46. The number of aryl methyl sites for hydroxylation is 1. The van der Waals surface area contributed by atoms with Crippen molar-refractivity contribution in [2.45, 2.75) is 25.1 Å². The molecule has 7 nitrogen and oxygen atoms in total. The first kappa shape index (κ1) is 22.2. The fourth-order valence-corrected chi connectivity index (χ4v) is 4.33. The van der Waals surface area contributed by atoms with Crippen LogP contribution >= 0.6 is 0 Å². The van der Waals surface area contributed by atoms with Crippen LogP contribution in [0, 0.1) is 11.6 Å². The second-order valence-corrected chi connectivity index (χ2v) is 8.52. The molecule has 2 aromatic carbocycles. The summed E-state index contributed by atoms with van der Waals surface area (Å²) in [5.41, 5.74) is 2.50. The van der Waals surface area contributed by atoms with Gasteiger partial charge in [-0.25, -0.2) is 8.78 Å². The number of carbonyl (C=O) groups is 1. The van der Waals surface area contributed by atoms with Gasteiger partial charge in [0.25, 0.3) is 5.91 Å². The maximum Gasteiger partial charge on any atom is 0.253 e. The van der Waals surface area contributed by atoms with Crippen LogP contribution in [0.3, 0.4) is 0 Å². The van der Waals surface area contributed by atoms with Crippen LogP contribution in [0.25, 0.3) is 22.0 Å². The number of ether oxygens (including phenoxy) is 1. The molecule has 0 spiro atoms. The first-order valence-electron chi connectivity index (χ1n) is 11.0. The van der Waals surface area contributed by atoms with Crippen LogP contribution in [0.5, 0.6) is 0 Å². The number of nitrogens with zero attached hydrogens (tertiary/aromatic N) is 3. The summed E-state index contributed by atoms with van der Waals surface area (Å²) in [5, 5.41) is 17.2. The van der Waals surface area contributed by atoms with Gasteiger partial charge in [0.15, 0.2) is 0 Å². The summed E-state index contributed by atoms with van der Waals surface area (Å²) in [6.45, 7) is 0.719. The lowest BCUT2D eigenvalue weighted by atomic mass is 10.1. The zero-order valence-corrected chi connectivity index (χ0v) is 18.5. The van der Waals surface area contributed by atoms with E-state index in [-0.39, 0.29) is 24.1 Å². The SMILES string of the molecule is Cn1cc(-c2ccc(Cn3cc(C(=O)N[C@H]4COCC[C@@H]4O)c4c(F)cccc43)c(F)c2)cn1. The monoisotopic (exact) mass is 466 g/mol. The molecule has 0 saturated carbocycles. The molecule has 0 bridgehead atoms. The largest absolute Gasteiger partial charge is 0.391 e. The van der Waals surface area contributed by atoms with Crippen molar-refractivity contribution in [2.24, 2.45) is 7.05 Å². The van der Waals surface area contributed by atoms with Crippen LogP contribution in [0.4, 0.5) is 8.78 Å². The van der Waals surface area contributed by atoms with Gasteiger partial charge >= 0.3 is 0 Å². The molecule has 176 valence electrons. The van der Waals surface area contributed by atoms with Gasteiger partial charge in [-0.2, -0.15) is 5.10 Å². The van der Waals surface area contributed by atoms with E-state index in [4.69, 9.17) is 4.74 Å². The van der Waals surface area contributed by atoms with E-state index in [0.29, 0.717) is 29.7 Å². The number of hydrogen-bond acceptors (Lipinski definition) is 4. The molecule has 2 N–H and O–H groups in total. The van der Waals surface area contributed by atoms with Crippen molar-refractivity contribution in [3.8, 4) is 11.1 Å². The van der Waals surface area contributed by atoms with Gasteiger partial charge in [-0.3, -0.25) is 9.48 Å². The van der Waals surface area contributed by atoms with Crippen molar-refractivity contribution < 1.29 is 23.4 Å². The number of aliphatic hydroxyl groups is 1. The molecule has 9 heteroatoms. The highest BCUT2D eigenvalue weighted by Gasteiger charge is 2.27. The van der Waals surface area contributed by atoms with Gasteiger partial charge in [0, 0.05) is 42.6 Å². The number of aromatic nitrogens is 3. The van der Waals surface area contributed by atoms with E-state index in [2.05, 4.69) is 10.4 Å². The Morgan fingerprint density at radius 2 is 2.06 bits per heavy atom. The molecule has 1 aliphatic heterocycles. The van der Waals surface area contributed by atoms with E-state index >= 15 is 0 Å². The van der Waals surface area contributed by atoms with Crippen molar-refractivity contribution in [1.82, 2.24) is 19.7 Å². The van der Waals surface area contributed by atoms with Crippen LogP contribution < -0.4 is 5.32 Å². The average molecular weight is 466 g/mol. The van der Waals surface area contributed by atoms with Gasteiger partial charge in [0.1, 0.15) is 11.6 Å². The molecule has 2 atom stereocenters. The average Bonchev–Trinajstić information content (AvgIpc) is 3.41. The number of hydrogen-bond donors (Lipinski definition) is 2. The van der Waals surface area contributed by atoms with Crippen molar-refractivity contribution in [3.05, 3.63) is 77.8 Å². The number of rotatable bonds is 5. The number of carbonyl (C=O) groups excluding carboxylic acids is 1. The van der Waals surface area contributed by atoms with Crippen LogP contribution in [0.2, 0.25) is 0 Å². The highest BCUT2D eigenvalue weighted by molar-refractivity contribution is 6.07. The van der Waals surface area contributed by atoms with E-state index in [9.17, 15) is 18.7 Å². The summed E-state index contributed by atoms with van der Waals surface area (Å²) in [5.74, 6) is -1.47. The number of amides is 1. The zero-order chi connectivity index (χ0) is 23.8. The van der Waals surface area contributed by atoms with Crippen molar-refractivity contribution in [3.63, 3.8) is 0 Å². The Labute approximate surface area is 194 Å². The lowest BCUT2D eigenvalue weighted by molar-refractivity contribution is -0.0139. The summed E-state index contributed by atoms with van der Waals surface area (Å²) >= 11 is 0. The smallest absolute Gasteiger partial charge is 0.253 e. The number of halogens is 2. The highest BCUT2D eigenvalue weighted by atomic mass is 19.1. The third kappa shape index (κ3) is 4.20. The summed E-state index contributed by atoms with van der Waals surface area (Å²) < 4.78 is 38.4. The molecule has 1 aliphatic rings. The highest BCUT2D eigenvalue weighted by Crippen LogP contribution is 2.27. The van der Waals surface area contributed by atoms with E-state index in [0.717, 1.165) is 5.56 Å². The Morgan fingerprint density at radius 1 is 1.21 bits per heavy atom. The predicted octanol–water partition coefficient (Wildman–Crippen LogP) is 3.25. The molecule has 0 radical (unpaired) electrons. The first-order chi connectivity index (χ1) is 16.4. The fourth-order valence-electron chi connectivity index (χ4n) is 4.33. The molecule has 0 unspecified atom stereocenters. The Bertz CT molecular complexity index is 1360. The molecule has 34 heavy (non-hydrogen) atoms. The zero-order valence-electron chi connectivity index (χ0n) is 18.5. The summed E-state index contributed by atoms with van der Waals surface area (Å²) in [4.78, 5) is 13.0. The number of aliphatic hydroxyl groups excluding tert-OH is 1. The maximum absolute atomic E-state index is 15.0. The Kier molecular flexibility index (Phi) is 5.89. The van der Waals surface area contributed by atoms with Gasteiger partial charge in [-0.1, -0.05) is 18.2 Å². The van der Waals surface area contributed by atoms with E-state index in [1.54, 1.807) is 53.0 Å². The first-order valence-corrected chi connectivity index (χ1v) is 11.0. The summed E-state index contributed by atoms with van der Waals surface area (Å²) in [7, 11) is 1.79. The molecule has 2 aromatic heterocycles. The molecule has 1 saturated heterocycles. The lowest BCUT2D eigenvalue weighted by Gasteiger charge is -2.28. The van der Waals surface area contributed by atoms with Crippen LogP contribution in [0.15, 0.2) is 55.0 Å². The molecular weight excluding hydrogens is 442 g/mol. The van der Waals surface area contributed by atoms with Crippen LogP contribution in [0.1, 0.15) is 22.3 Å². The number of nitrogens with one attached hydrogen (secondary N) is 1. The second kappa shape index (κ2) is 9.00. The normalized spacial score (nSPS) is 18.4. The van der Waals surface area contributed by atoms with Crippen LogP contribution in [-0.4, -0.2) is 50.7 Å². The molecule has 5 rings (SSSR count). The Hall–Kier alpha value is -3.56. The minimum Gasteiger partial charge on any atom is -0.391 e. The maximum atomic E-state index is 15.0. The number of benzene rings is 2. The van der Waals surface area contributed by atoms with E-state index in [1.807, 2.05) is 0 Å². The molecule has 3 heterocycles. The summed E-state index contributed by atoms with van der Waals surface area (Å²) in [6.07, 6.45) is 4.66. The van der Waals surface area contributed by atoms with Gasteiger partial charge in [-0.15, -0.1) is 0 Å². The standard InChI is InChI=1S/C25H24F2N4O3/c1-30-11-17(10-28-30)15-5-6-16(20(27)9-15)12-31-13-18(24-19(26)3-2-4-22(24)31)25(33)29-21-14-34-8-7-23(21)32/h2-6,9-11,13,21,23,32H,7-8,12,14H2,1H3,(H,29,33)/t21-,23-/m0/s1. The van der Waals surface area contributed by atoms with Crippen molar-refractivity contribution in [2.75, 3.05) is 13.2 Å². The molecule has 1 amide bonds. The minimum absolute atomic E-state index is 0.113. The third-order valence-corrected chi connectivity index (χ3v) is 6.17. The second-order valence-electron chi connectivity index (χ2n) is 8.52. The lowest BCUT2D eigenvalue weighted by Crippen LogP contribution is -2.49. The van der Waals surface area contributed by atoms with E-state index in [1.165, 1.54) is 18.3 Å². The van der Waals surface area contributed by atoms with Gasteiger partial charge in [-0.05, 0) is 30.2 Å². The van der Waals surface area contributed by atoms with Crippen molar-refractivity contribution >= 4 is 16.8 Å². The Morgan fingerprint density at radius 3 is 2.79 bits per heavy atom. The van der Waals surface area contributed by atoms with Gasteiger partial charge in [0.05, 0.1) is 42.6 Å². The third-order valence-electron chi connectivity index (χ3n) is 6.17. The number of fused-ring (bicyclic) bond motifs is 1. The molecule has 0 aliphatic carbocycles. The van der Waals surface area contributed by atoms with Gasteiger partial charge in [0.2, 0.25) is 0 Å². The fraction of sp³-hybridized carbons (Fsp3) is 0.280.